The number of carbonyl (C=O) groups is 2. The second-order valence-corrected chi connectivity index (χ2v) is 3.57. The molecule has 0 saturated heterocycles. The summed E-state index contributed by atoms with van der Waals surface area (Å²) in [4.78, 5) is 27.1. The molecule has 0 unspecified atom stereocenters. The van der Waals surface area contributed by atoms with Gasteiger partial charge >= 0.3 is 11.9 Å². The highest BCUT2D eigenvalue weighted by Crippen LogP contribution is 2.10. The van der Waals surface area contributed by atoms with E-state index >= 15 is 0 Å². The van der Waals surface area contributed by atoms with Gasteiger partial charge in [0, 0.05) is 6.20 Å². The Morgan fingerprint density at radius 1 is 1.35 bits per heavy atom. The van der Waals surface area contributed by atoms with Gasteiger partial charge in [0.1, 0.15) is 0 Å². The van der Waals surface area contributed by atoms with Crippen LogP contribution in [0.4, 0.5) is 0 Å². The summed E-state index contributed by atoms with van der Waals surface area (Å²) in [5.74, 6) is -1.19. The van der Waals surface area contributed by atoms with E-state index in [0.717, 1.165) is 0 Å². The number of pyridine rings is 1. The van der Waals surface area contributed by atoms with E-state index in [1.54, 1.807) is 26.8 Å². The molecule has 0 radical (unpaired) electrons. The third-order valence-electron chi connectivity index (χ3n) is 1.84. The normalized spacial score (nSPS) is 10.1. The molecule has 1 aromatic rings. The lowest BCUT2D eigenvalue weighted by atomic mass is 10.2. The first-order valence-electron chi connectivity index (χ1n) is 5.39. The van der Waals surface area contributed by atoms with Gasteiger partial charge in [-0.2, -0.15) is 0 Å². The van der Waals surface area contributed by atoms with E-state index in [9.17, 15) is 9.59 Å². The molecule has 0 bridgehead atoms. The Morgan fingerprint density at radius 3 is 2.65 bits per heavy atom. The lowest BCUT2D eigenvalue weighted by Crippen LogP contribution is -2.18. The molecule has 17 heavy (non-hydrogen) atoms. The number of esters is 2. The fraction of sp³-hybridized carbons (Fsp3) is 0.417. The van der Waals surface area contributed by atoms with Gasteiger partial charge in [-0.15, -0.1) is 0 Å². The van der Waals surface area contributed by atoms with Crippen molar-refractivity contribution < 1.29 is 19.1 Å². The van der Waals surface area contributed by atoms with E-state index in [4.69, 9.17) is 9.47 Å². The number of aromatic nitrogens is 1. The third kappa shape index (κ3) is 3.55. The summed E-state index contributed by atoms with van der Waals surface area (Å²) in [5.41, 5.74) is 0.111. The Hall–Kier alpha value is -1.91. The summed E-state index contributed by atoms with van der Waals surface area (Å²) in [6.45, 7) is 5.39. The van der Waals surface area contributed by atoms with Crippen molar-refractivity contribution in [2.24, 2.45) is 0 Å². The monoisotopic (exact) mass is 237 g/mol. The van der Waals surface area contributed by atoms with Crippen LogP contribution in [0, 0.1) is 0 Å². The minimum atomic E-state index is -0.622. The van der Waals surface area contributed by atoms with E-state index in [1.165, 1.54) is 12.3 Å². The Morgan fingerprint density at radius 2 is 2.06 bits per heavy atom. The van der Waals surface area contributed by atoms with E-state index in [-0.39, 0.29) is 24.0 Å². The molecule has 1 heterocycles. The molecule has 0 atom stereocenters. The number of ether oxygens (including phenoxy) is 2. The second-order valence-electron chi connectivity index (χ2n) is 3.57. The smallest absolute Gasteiger partial charge is 0.358 e. The van der Waals surface area contributed by atoms with Crippen LogP contribution in [0.25, 0.3) is 0 Å². The fourth-order valence-corrected chi connectivity index (χ4v) is 1.21. The Bertz CT molecular complexity index is 415. The minimum absolute atomic E-state index is 0.0142. The van der Waals surface area contributed by atoms with E-state index in [0.29, 0.717) is 0 Å². The lowest BCUT2D eigenvalue weighted by Gasteiger charge is -2.09. The van der Waals surface area contributed by atoms with E-state index < -0.39 is 11.9 Å². The summed E-state index contributed by atoms with van der Waals surface area (Å²) in [6, 6.07) is 3.06. The number of rotatable bonds is 4. The molecule has 0 aliphatic heterocycles. The predicted octanol–water partition coefficient (Wildman–Crippen LogP) is 1.82. The van der Waals surface area contributed by atoms with Crippen LogP contribution < -0.4 is 0 Å². The highest BCUT2D eigenvalue weighted by molar-refractivity contribution is 6.01. The molecule has 0 spiro atoms. The van der Waals surface area contributed by atoms with Gasteiger partial charge in [-0.3, -0.25) is 0 Å². The Kier molecular flexibility index (Phi) is 4.63. The van der Waals surface area contributed by atoms with Crippen molar-refractivity contribution in [2.45, 2.75) is 26.9 Å². The Balaban J connectivity index is 2.99. The van der Waals surface area contributed by atoms with Crippen LogP contribution in [0.2, 0.25) is 0 Å². The largest absolute Gasteiger partial charge is 0.462 e. The van der Waals surface area contributed by atoms with Crippen molar-refractivity contribution in [1.82, 2.24) is 4.98 Å². The molecule has 0 saturated carbocycles. The van der Waals surface area contributed by atoms with Crippen molar-refractivity contribution in [3.05, 3.63) is 29.6 Å². The average molecular weight is 237 g/mol. The molecule has 0 aliphatic rings. The first kappa shape index (κ1) is 13.2. The molecule has 92 valence electrons. The van der Waals surface area contributed by atoms with Gasteiger partial charge in [0.25, 0.3) is 0 Å². The number of hydrogen-bond donors (Lipinski definition) is 0. The average Bonchev–Trinajstić information content (AvgIpc) is 2.28. The van der Waals surface area contributed by atoms with Crippen LogP contribution in [-0.4, -0.2) is 29.6 Å². The van der Waals surface area contributed by atoms with Gasteiger partial charge in [0.2, 0.25) is 0 Å². The van der Waals surface area contributed by atoms with Crippen molar-refractivity contribution >= 4 is 11.9 Å². The van der Waals surface area contributed by atoms with Gasteiger partial charge in [-0.05, 0) is 32.9 Å². The van der Waals surface area contributed by atoms with Crippen LogP contribution in [0.3, 0.4) is 0 Å². The topological polar surface area (TPSA) is 65.5 Å². The highest BCUT2D eigenvalue weighted by Gasteiger charge is 2.20. The number of carbonyl (C=O) groups excluding carboxylic acids is 2. The zero-order valence-electron chi connectivity index (χ0n) is 10.1. The maximum absolute atomic E-state index is 11.7. The molecule has 5 nitrogen and oxygen atoms in total. The highest BCUT2D eigenvalue weighted by atomic mass is 16.5. The molecule has 5 heteroatoms. The lowest BCUT2D eigenvalue weighted by molar-refractivity contribution is 0.0356. The second kappa shape index (κ2) is 5.98. The van der Waals surface area contributed by atoms with Gasteiger partial charge < -0.3 is 9.47 Å². The third-order valence-corrected chi connectivity index (χ3v) is 1.84. The standard InChI is InChI=1S/C12H15NO4/c1-4-16-11(14)9-6-5-7-13-10(9)12(15)17-8(2)3/h5-8H,4H2,1-3H3. The SMILES string of the molecule is CCOC(=O)c1cccnc1C(=O)OC(C)C. The number of nitrogens with zero attached hydrogens (tertiary/aromatic N) is 1. The first-order valence-corrected chi connectivity index (χ1v) is 5.39. The van der Waals surface area contributed by atoms with Crippen LogP contribution >= 0.6 is 0 Å². The molecule has 0 aliphatic carbocycles. The minimum Gasteiger partial charge on any atom is -0.462 e. The first-order chi connectivity index (χ1) is 8.06. The molecular formula is C12H15NO4. The molecule has 1 rings (SSSR count). The van der Waals surface area contributed by atoms with Crippen LogP contribution in [0.5, 0.6) is 0 Å². The van der Waals surface area contributed by atoms with Crippen LogP contribution in [-0.2, 0) is 9.47 Å². The van der Waals surface area contributed by atoms with Crippen molar-refractivity contribution in [2.75, 3.05) is 6.61 Å². The van der Waals surface area contributed by atoms with Gasteiger partial charge in [0.15, 0.2) is 5.69 Å². The molecule has 0 N–H and O–H groups in total. The molecule has 1 aromatic heterocycles. The van der Waals surface area contributed by atoms with Gasteiger partial charge in [0.05, 0.1) is 18.3 Å². The summed E-state index contributed by atoms with van der Waals surface area (Å²) >= 11 is 0. The quantitative estimate of drug-likeness (QED) is 0.747. The summed E-state index contributed by atoms with van der Waals surface area (Å²) in [6.07, 6.45) is 1.17. The van der Waals surface area contributed by atoms with Gasteiger partial charge in [-0.1, -0.05) is 0 Å². The number of hydrogen-bond acceptors (Lipinski definition) is 5. The maximum atomic E-state index is 11.7. The molecule has 0 fully saturated rings. The fourth-order valence-electron chi connectivity index (χ4n) is 1.21. The molecule has 0 aromatic carbocycles. The van der Waals surface area contributed by atoms with Crippen LogP contribution in [0.1, 0.15) is 41.6 Å². The zero-order valence-corrected chi connectivity index (χ0v) is 10.1. The summed E-state index contributed by atoms with van der Waals surface area (Å²) in [5, 5.41) is 0. The van der Waals surface area contributed by atoms with Crippen molar-refractivity contribution in [1.29, 1.82) is 0 Å². The Labute approximate surface area is 99.8 Å². The maximum Gasteiger partial charge on any atom is 0.358 e. The molecule has 0 amide bonds. The predicted molar refractivity (Wildman–Crippen MR) is 60.7 cm³/mol. The van der Waals surface area contributed by atoms with E-state index in [2.05, 4.69) is 4.98 Å². The summed E-state index contributed by atoms with van der Waals surface area (Å²) < 4.78 is 9.83. The molecular weight excluding hydrogens is 222 g/mol. The van der Waals surface area contributed by atoms with Crippen molar-refractivity contribution in [3.63, 3.8) is 0 Å². The van der Waals surface area contributed by atoms with E-state index in [1.807, 2.05) is 0 Å². The zero-order chi connectivity index (χ0) is 12.8. The van der Waals surface area contributed by atoms with Crippen molar-refractivity contribution in [3.8, 4) is 0 Å². The van der Waals surface area contributed by atoms with Crippen LogP contribution in [0.15, 0.2) is 18.3 Å². The van der Waals surface area contributed by atoms with Gasteiger partial charge in [-0.25, -0.2) is 14.6 Å². The summed E-state index contributed by atoms with van der Waals surface area (Å²) in [7, 11) is 0.